The number of methoxy groups -OCH3 is 1. The summed E-state index contributed by atoms with van der Waals surface area (Å²) in [6, 6.07) is 16.1. The van der Waals surface area contributed by atoms with Crippen LogP contribution in [0.4, 0.5) is 11.4 Å². The second kappa shape index (κ2) is 8.77. The molecule has 0 saturated heterocycles. The Morgan fingerprint density at radius 3 is 2.20 bits per heavy atom. The Bertz CT molecular complexity index is 1170. The van der Waals surface area contributed by atoms with Gasteiger partial charge in [0.15, 0.2) is 0 Å². The van der Waals surface area contributed by atoms with Crippen molar-refractivity contribution in [3.05, 3.63) is 82.4 Å². The van der Waals surface area contributed by atoms with Crippen LogP contribution < -0.4 is 14.8 Å². The highest BCUT2D eigenvalue weighted by Gasteiger charge is 2.18. The Labute approximate surface area is 180 Å². The maximum atomic E-state index is 12.8. The summed E-state index contributed by atoms with van der Waals surface area (Å²) in [6.45, 7) is 3.78. The fourth-order valence-corrected chi connectivity index (χ4v) is 4.18. The van der Waals surface area contributed by atoms with E-state index in [2.05, 4.69) is 10.0 Å². The number of anilines is 2. The van der Waals surface area contributed by atoms with Crippen LogP contribution in [-0.2, 0) is 10.0 Å². The van der Waals surface area contributed by atoms with Crippen molar-refractivity contribution >= 4 is 38.9 Å². The number of aryl methyl sites for hydroxylation is 2. The summed E-state index contributed by atoms with van der Waals surface area (Å²) in [5.41, 5.74) is 2.91. The van der Waals surface area contributed by atoms with Crippen LogP contribution in [0, 0.1) is 13.8 Å². The Balaban J connectivity index is 1.86. The molecule has 0 aromatic heterocycles. The van der Waals surface area contributed by atoms with Gasteiger partial charge in [0.25, 0.3) is 15.9 Å². The second-order valence-electron chi connectivity index (χ2n) is 6.70. The summed E-state index contributed by atoms with van der Waals surface area (Å²) in [6.07, 6.45) is 0. The number of benzene rings is 3. The van der Waals surface area contributed by atoms with E-state index in [1.165, 1.54) is 37.4 Å². The van der Waals surface area contributed by atoms with Gasteiger partial charge >= 0.3 is 0 Å². The van der Waals surface area contributed by atoms with Crippen molar-refractivity contribution in [2.75, 3.05) is 17.1 Å². The van der Waals surface area contributed by atoms with Crippen molar-refractivity contribution in [1.82, 2.24) is 0 Å². The highest BCUT2D eigenvalue weighted by atomic mass is 35.5. The summed E-state index contributed by atoms with van der Waals surface area (Å²) in [5, 5.41) is 3.07. The SMILES string of the molecule is COc1ccc(S(=O)(=O)Nc2ccc(Cl)c(C(=O)Nc3c(C)cccc3C)c2)cc1. The first-order chi connectivity index (χ1) is 14.2. The average Bonchev–Trinajstić information content (AvgIpc) is 2.72. The number of carbonyl (C=O) groups is 1. The first-order valence-corrected chi connectivity index (χ1v) is 10.9. The summed E-state index contributed by atoms with van der Waals surface area (Å²) < 4.78 is 32.8. The maximum absolute atomic E-state index is 12.8. The number of sulfonamides is 1. The Morgan fingerprint density at radius 2 is 1.60 bits per heavy atom. The van der Waals surface area contributed by atoms with E-state index in [0.717, 1.165) is 11.1 Å². The summed E-state index contributed by atoms with van der Waals surface area (Å²) in [5.74, 6) is 0.119. The zero-order valence-corrected chi connectivity index (χ0v) is 18.3. The van der Waals surface area contributed by atoms with Gasteiger partial charge in [-0.2, -0.15) is 0 Å². The van der Waals surface area contributed by atoms with Gasteiger partial charge in [-0.25, -0.2) is 8.42 Å². The predicted octanol–water partition coefficient (Wildman–Crippen LogP) is 5.02. The van der Waals surface area contributed by atoms with E-state index in [-0.39, 0.29) is 21.2 Å². The van der Waals surface area contributed by atoms with Gasteiger partial charge in [-0.1, -0.05) is 29.8 Å². The van der Waals surface area contributed by atoms with E-state index in [1.807, 2.05) is 32.0 Å². The lowest BCUT2D eigenvalue weighted by molar-refractivity contribution is 0.102. The van der Waals surface area contributed by atoms with E-state index in [4.69, 9.17) is 16.3 Å². The molecule has 1 amide bonds. The van der Waals surface area contributed by atoms with Gasteiger partial charge in [-0.15, -0.1) is 0 Å². The highest BCUT2D eigenvalue weighted by molar-refractivity contribution is 7.92. The topological polar surface area (TPSA) is 84.5 Å². The lowest BCUT2D eigenvalue weighted by atomic mass is 10.1. The number of hydrogen-bond acceptors (Lipinski definition) is 4. The number of rotatable bonds is 6. The van der Waals surface area contributed by atoms with E-state index in [0.29, 0.717) is 11.4 Å². The number of ether oxygens (including phenoxy) is 1. The number of para-hydroxylation sites is 1. The van der Waals surface area contributed by atoms with Crippen LogP contribution in [-0.4, -0.2) is 21.4 Å². The third-order valence-electron chi connectivity index (χ3n) is 4.55. The van der Waals surface area contributed by atoms with Crippen molar-refractivity contribution < 1.29 is 17.9 Å². The Kier molecular flexibility index (Phi) is 6.34. The third kappa shape index (κ3) is 4.75. The van der Waals surface area contributed by atoms with Gasteiger partial charge in [0.1, 0.15) is 5.75 Å². The average molecular weight is 445 g/mol. The zero-order valence-electron chi connectivity index (χ0n) is 16.7. The maximum Gasteiger partial charge on any atom is 0.261 e. The first kappa shape index (κ1) is 21.7. The number of carbonyl (C=O) groups excluding carboxylic acids is 1. The standard InChI is InChI=1S/C22H21ClN2O4S/c1-14-5-4-6-15(2)21(14)24-22(26)19-13-16(7-12-20(19)23)25-30(27,28)18-10-8-17(29-3)9-11-18/h4-13,25H,1-3H3,(H,24,26). The van der Waals surface area contributed by atoms with Crippen molar-refractivity contribution in [2.45, 2.75) is 18.7 Å². The van der Waals surface area contributed by atoms with Gasteiger partial charge in [0.05, 0.1) is 22.6 Å². The molecule has 0 atom stereocenters. The van der Waals surface area contributed by atoms with Gasteiger partial charge in [-0.3, -0.25) is 9.52 Å². The highest BCUT2D eigenvalue weighted by Crippen LogP contribution is 2.26. The van der Waals surface area contributed by atoms with Crippen molar-refractivity contribution in [2.24, 2.45) is 0 Å². The minimum atomic E-state index is -3.85. The van der Waals surface area contributed by atoms with Crippen LogP contribution >= 0.6 is 11.6 Å². The predicted molar refractivity (Wildman–Crippen MR) is 119 cm³/mol. The van der Waals surface area contributed by atoms with Crippen LogP contribution in [0.15, 0.2) is 65.6 Å². The van der Waals surface area contributed by atoms with Crippen LogP contribution in [0.3, 0.4) is 0 Å². The van der Waals surface area contributed by atoms with Crippen molar-refractivity contribution in [1.29, 1.82) is 0 Å². The molecule has 0 aliphatic heterocycles. The monoisotopic (exact) mass is 444 g/mol. The van der Waals surface area contributed by atoms with E-state index in [9.17, 15) is 13.2 Å². The van der Waals surface area contributed by atoms with Gasteiger partial charge in [-0.05, 0) is 67.4 Å². The van der Waals surface area contributed by atoms with Crippen LogP contribution in [0.2, 0.25) is 5.02 Å². The lowest BCUT2D eigenvalue weighted by Gasteiger charge is -2.14. The molecule has 0 aliphatic carbocycles. The molecule has 0 unspecified atom stereocenters. The Hall–Kier alpha value is -3.03. The first-order valence-electron chi connectivity index (χ1n) is 9.05. The van der Waals surface area contributed by atoms with Crippen molar-refractivity contribution in [3.63, 3.8) is 0 Å². The minimum Gasteiger partial charge on any atom is -0.497 e. The normalized spacial score (nSPS) is 11.1. The number of hydrogen-bond donors (Lipinski definition) is 2. The fourth-order valence-electron chi connectivity index (χ4n) is 2.92. The third-order valence-corrected chi connectivity index (χ3v) is 6.28. The Morgan fingerprint density at radius 1 is 0.967 bits per heavy atom. The molecule has 3 aromatic carbocycles. The molecule has 3 rings (SSSR count). The van der Waals surface area contributed by atoms with Crippen LogP contribution in [0.5, 0.6) is 5.75 Å². The van der Waals surface area contributed by atoms with Crippen LogP contribution in [0.1, 0.15) is 21.5 Å². The molecule has 0 saturated carbocycles. The van der Waals surface area contributed by atoms with Gasteiger partial charge in [0.2, 0.25) is 0 Å². The van der Waals surface area contributed by atoms with E-state index < -0.39 is 15.9 Å². The molecule has 0 spiro atoms. The van der Waals surface area contributed by atoms with Gasteiger partial charge < -0.3 is 10.1 Å². The van der Waals surface area contributed by atoms with E-state index >= 15 is 0 Å². The summed E-state index contributed by atoms with van der Waals surface area (Å²) in [4.78, 5) is 12.9. The van der Waals surface area contributed by atoms with Crippen LogP contribution in [0.25, 0.3) is 0 Å². The smallest absolute Gasteiger partial charge is 0.261 e. The molecule has 0 heterocycles. The molecule has 6 nitrogen and oxygen atoms in total. The summed E-state index contributed by atoms with van der Waals surface area (Å²) >= 11 is 6.21. The molecule has 0 bridgehead atoms. The molecule has 0 aliphatic rings. The van der Waals surface area contributed by atoms with Gasteiger partial charge in [0, 0.05) is 11.4 Å². The summed E-state index contributed by atoms with van der Waals surface area (Å²) in [7, 11) is -2.35. The van der Waals surface area contributed by atoms with Crippen molar-refractivity contribution in [3.8, 4) is 5.75 Å². The molecule has 156 valence electrons. The molecule has 8 heteroatoms. The number of halogens is 1. The fraction of sp³-hybridized carbons (Fsp3) is 0.136. The molecular weight excluding hydrogens is 424 g/mol. The molecule has 0 radical (unpaired) electrons. The van der Waals surface area contributed by atoms with E-state index in [1.54, 1.807) is 12.1 Å². The molecule has 30 heavy (non-hydrogen) atoms. The molecule has 0 fully saturated rings. The molecule has 3 aromatic rings. The largest absolute Gasteiger partial charge is 0.497 e. The minimum absolute atomic E-state index is 0.0692. The zero-order chi connectivity index (χ0) is 21.9. The molecular formula is C22H21ClN2O4S. The quantitative estimate of drug-likeness (QED) is 0.559. The number of amides is 1. The molecule has 2 N–H and O–H groups in total. The second-order valence-corrected chi connectivity index (χ2v) is 8.79. The lowest BCUT2D eigenvalue weighted by Crippen LogP contribution is -2.16. The number of nitrogens with one attached hydrogen (secondary N) is 2.